The smallest absolute Gasteiger partial charge is 0.273 e. The fourth-order valence-electron chi connectivity index (χ4n) is 3.81. The summed E-state index contributed by atoms with van der Waals surface area (Å²) in [7, 11) is 0. The number of hydrogen-bond acceptors (Lipinski definition) is 7. The Kier molecular flexibility index (Phi) is 5.25. The van der Waals surface area contributed by atoms with E-state index in [2.05, 4.69) is 31.8 Å². The highest BCUT2D eigenvalue weighted by atomic mass is 35.5. The molecule has 8 nitrogen and oxygen atoms in total. The van der Waals surface area contributed by atoms with Crippen LogP contribution in [0, 0.1) is 6.92 Å². The maximum atomic E-state index is 12.7. The number of nitrogens with one attached hydrogen (secondary N) is 1. The molecule has 10 heteroatoms. The predicted molar refractivity (Wildman–Crippen MR) is 125 cm³/mol. The van der Waals surface area contributed by atoms with Crippen LogP contribution >= 0.6 is 22.9 Å². The summed E-state index contributed by atoms with van der Waals surface area (Å²) >= 11 is 7.65. The molecule has 1 N–H and O–H groups in total. The second kappa shape index (κ2) is 8.07. The van der Waals surface area contributed by atoms with Crippen molar-refractivity contribution in [2.24, 2.45) is 0 Å². The van der Waals surface area contributed by atoms with E-state index in [0.717, 1.165) is 54.6 Å². The highest BCUT2D eigenvalue weighted by molar-refractivity contribution is 7.20. The molecule has 0 spiro atoms. The van der Waals surface area contributed by atoms with Crippen LogP contribution in [-0.2, 0) is 0 Å². The van der Waals surface area contributed by atoms with Gasteiger partial charge in [0, 0.05) is 44.0 Å². The van der Waals surface area contributed by atoms with Crippen molar-refractivity contribution in [3.8, 4) is 16.4 Å². The van der Waals surface area contributed by atoms with Crippen molar-refractivity contribution in [3.05, 3.63) is 51.5 Å². The molecule has 0 saturated carbocycles. The van der Waals surface area contributed by atoms with Crippen LogP contribution in [0.4, 0.5) is 5.95 Å². The Bertz CT molecular complexity index is 1300. The Morgan fingerprint density at radius 1 is 1.19 bits per heavy atom. The Morgan fingerprint density at radius 2 is 2.00 bits per heavy atom. The van der Waals surface area contributed by atoms with Gasteiger partial charge in [0.1, 0.15) is 5.52 Å². The number of aryl methyl sites for hydroxylation is 1. The summed E-state index contributed by atoms with van der Waals surface area (Å²) in [6.45, 7) is 9.06. The van der Waals surface area contributed by atoms with Crippen molar-refractivity contribution in [3.63, 3.8) is 0 Å². The molecule has 160 valence electrons. The minimum Gasteiger partial charge on any atom is -0.338 e. The molecule has 31 heavy (non-hydrogen) atoms. The van der Waals surface area contributed by atoms with E-state index in [-0.39, 0.29) is 5.56 Å². The summed E-state index contributed by atoms with van der Waals surface area (Å²) in [5, 5.41) is 4.27. The van der Waals surface area contributed by atoms with E-state index in [4.69, 9.17) is 16.6 Å². The maximum Gasteiger partial charge on any atom is 0.273 e. The van der Waals surface area contributed by atoms with Crippen LogP contribution in [0.3, 0.4) is 0 Å². The fourth-order valence-corrected chi connectivity index (χ4v) is 5.04. The standard InChI is InChI=1S/C21H22ClN7OS/c1-3-27-7-9-28(10-8-27)20-23-12-14(13(2)24-20)16-11-18(30)29(26-16)21-25-19-15(22)5-4-6-17(19)31-21/h4-6,11-12,26H,3,7-10H2,1-2H3. The SMILES string of the molecule is CCN1CCN(c2ncc(-c3cc(=O)n(-c4nc5c(Cl)cccc5s4)[nH]3)c(C)n2)CC1. The molecule has 0 amide bonds. The van der Waals surface area contributed by atoms with Gasteiger partial charge in [-0.3, -0.25) is 9.89 Å². The van der Waals surface area contributed by atoms with Crippen molar-refractivity contribution in [1.82, 2.24) is 29.6 Å². The molecule has 1 aromatic carbocycles. The number of benzene rings is 1. The summed E-state index contributed by atoms with van der Waals surface area (Å²) in [6.07, 6.45) is 1.79. The first kappa shape index (κ1) is 20.2. The zero-order chi connectivity index (χ0) is 21.5. The van der Waals surface area contributed by atoms with Gasteiger partial charge in [0.05, 0.1) is 21.1 Å². The number of piperazine rings is 1. The van der Waals surface area contributed by atoms with E-state index < -0.39 is 0 Å². The first-order valence-electron chi connectivity index (χ1n) is 10.2. The van der Waals surface area contributed by atoms with E-state index in [1.54, 1.807) is 18.3 Å². The number of fused-ring (bicyclic) bond motifs is 1. The lowest BCUT2D eigenvalue weighted by Crippen LogP contribution is -2.46. The third-order valence-corrected chi connectivity index (χ3v) is 6.94. The highest BCUT2D eigenvalue weighted by Gasteiger charge is 2.20. The van der Waals surface area contributed by atoms with Crippen molar-refractivity contribution in [1.29, 1.82) is 0 Å². The van der Waals surface area contributed by atoms with E-state index >= 15 is 0 Å². The number of H-pyrrole nitrogens is 1. The third-order valence-electron chi connectivity index (χ3n) is 5.63. The molecule has 0 radical (unpaired) electrons. The van der Waals surface area contributed by atoms with Crippen LogP contribution in [0.2, 0.25) is 5.02 Å². The zero-order valence-corrected chi connectivity index (χ0v) is 18.9. The van der Waals surface area contributed by atoms with E-state index in [1.807, 2.05) is 19.1 Å². The van der Waals surface area contributed by atoms with E-state index in [1.165, 1.54) is 16.0 Å². The lowest BCUT2D eigenvalue weighted by atomic mass is 10.2. The Balaban J connectivity index is 1.44. The number of hydrogen-bond donors (Lipinski definition) is 1. The largest absolute Gasteiger partial charge is 0.338 e. The fraction of sp³-hybridized carbons (Fsp3) is 0.333. The molecule has 1 aliphatic heterocycles. The topological polar surface area (TPSA) is 82.9 Å². The highest BCUT2D eigenvalue weighted by Crippen LogP contribution is 2.29. The quantitative estimate of drug-likeness (QED) is 0.508. The van der Waals surface area contributed by atoms with Crippen LogP contribution in [0.5, 0.6) is 0 Å². The molecular formula is C21H22ClN7OS. The average Bonchev–Trinajstić information content (AvgIpc) is 3.38. The number of rotatable bonds is 4. The number of aromatic nitrogens is 5. The minimum atomic E-state index is -0.190. The normalized spacial score (nSPS) is 15.1. The maximum absolute atomic E-state index is 12.7. The number of likely N-dealkylation sites (N-methyl/N-ethyl adjacent to an activating group) is 1. The molecule has 1 aliphatic rings. The van der Waals surface area contributed by atoms with Crippen molar-refractivity contribution in [2.45, 2.75) is 13.8 Å². The number of halogens is 1. The monoisotopic (exact) mass is 455 g/mol. The molecule has 5 rings (SSSR count). The van der Waals surface area contributed by atoms with Gasteiger partial charge < -0.3 is 9.80 Å². The van der Waals surface area contributed by atoms with Crippen LogP contribution in [0.25, 0.3) is 26.6 Å². The zero-order valence-electron chi connectivity index (χ0n) is 17.3. The molecule has 1 fully saturated rings. The van der Waals surface area contributed by atoms with Gasteiger partial charge in [-0.2, -0.15) is 4.68 Å². The Labute approximate surface area is 188 Å². The summed E-state index contributed by atoms with van der Waals surface area (Å²) in [6, 6.07) is 7.16. The molecule has 3 aromatic heterocycles. The minimum absolute atomic E-state index is 0.190. The number of para-hydroxylation sites is 1. The van der Waals surface area contributed by atoms with Crippen LogP contribution in [-0.4, -0.2) is 62.4 Å². The van der Waals surface area contributed by atoms with Crippen LogP contribution in [0.1, 0.15) is 12.6 Å². The number of aromatic amines is 1. The molecule has 0 aliphatic carbocycles. The Hall–Kier alpha value is -2.75. The lowest BCUT2D eigenvalue weighted by Gasteiger charge is -2.34. The van der Waals surface area contributed by atoms with Gasteiger partial charge in [-0.15, -0.1) is 0 Å². The van der Waals surface area contributed by atoms with Crippen molar-refractivity contribution >= 4 is 39.1 Å². The lowest BCUT2D eigenvalue weighted by molar-refractivity contribution is 0.270. The van der Waals surface area contributed by atoms with Crippen LogP contribution < -0.4 is 10.5 Å². The predicted octanol–water partition coefficient (Wildman–Crippen LogP) is 3.34. The van der Waals surface area contributed by atoms with Gasteiger partial charge in [0.25, 0.3) is 5.56 Å². The number of nitrogens with zero attached hydrogens (tertiary/aromatic N) is 6. The second-order valence-electron chi connectivity index (χ2n) is 7.52. The number of thiazole rings is 1. The van der Waals surface area contributed by atoms with Crippen LogP contribution in [0.15, 0.2) is 35.3 Å². The average molecular weight is 456 g/mol. The molecular weight excluding hydrogens is 434 g/mol. The Morgan fingerprint density at radius 3 is 2.71 bits per heavy atom. The molecule has 0 bridgehead atoms. The molecule has 0 unspecified atom stereocenters. The number of anilines is 1. The van der Waals surface area contributed by atoms with Gasteiger partial charge >= 0.3 is 0 Å². The summed E-state index contributed by atoms with van der Waals surface area (Å²) in [5.41, 5.74) is 2.79. The van der Waals surface area contributed by atoms with Gasteiger partial charge in [-0.05, 0) is 25.6 Å². The second-order valence-corrected chi connectivity index (χ2v) is 8.93. The first-order valence-corrected chi connectivity index (χ1v) is 11.4. The molecule has 1 saturated heterocycles. The van der Waals surface area contributed by atoms with E-state index in [0.29, 0.717) is 21.4 Å². The summed E-state index contributed by atoms with van der Waals surface area (Å²) in [5.74, 6) is 0.736. The van der Waals surface area contributed by atoms with Gasteiger partial charge in [0.2, 0.25) is 11.1 Å². The molecule has 4 heterocycles. The molecule has 0 atom stereocenters. The summed E-state index contributed by atoms with van der Waals surface area (Å²) in [4.78, 5) is 31.1. The summed E-state index contributed by atoms with van der Waals surface area (Å²) < 4.78 is 2.37. The van der Waals surface area contributed by atoms with E-state index in [9.17, 15) is 4.79 Å². The first-order chi connectivity index (χ1) is 15.0. The van der Waals surface area contributed by atoms with Gasteiger partial charge in [-0.25, -0.2) is 15.0 Å². The van der Waals surface area contributed by atoms with Crippen molar-refractivity contribution in [2.75, 3.05) is 37.6 Å². The third kappa shape index (κ3) is 3.73. The van der Waals surface area contributed by atoms with Crippen molar-refractivity contribution < 1.29 is 0 Å². The molecule has 4 aromatic rings. The van der Waals surface area contributed by atoms with Gasteiger partial charge in [-0.1, -0.05) is 35.9 Å². The van der Waals surface area contributed by atoms with Gasteiger partial charge in [0.15, 0.2) is 0 Å².